The molecule has 1 fully saturated rings. The molecule has 1 amide bonds. The number of nitrogens with zero attached hydrogens (tertiary/aromatic N) is 4. The van der Waals surface area contributed by atoms with E-state index in [9.17, 15) is 14.0 Å². The van der Waals surface area contributed by atoms with Crippen molar-refractivity contribution in [1.82, 2.24) is 19.4 Å². The molecule has 33 heavy (non-hydrogen) atoms. The van der Waals surface area contributed by atoms with Crippen LogP contribution in [0.4, 0.5) is 4.39 Å². The van der Waals surface area contributed by atoms with E-state index in [0.717, 1.165) is 30.5 Å². The molecule has 1 saturated heterocycles. The minimum atomic E-state index is -0.377. The Morgan fingerprint density at radius 3 is 2.70 bits per heavy atom. The molecule has 1 aliphatic heterocycles. The molecular formula is C26H31FN4O2. The maximum Gasteiger partial charge on any atom is 0.255 e. The summed E-state index contributed by atoms with van der Waals surface area (Å²) < 4.78 is 15.6. The number of hydrogen-bond donors (Lipinski definition) is 0. The van der Waals surface area contributed by atoms with Gasteiger partial charge in [-0.25, -0.2) is 4.39 Å². The summed E-state index contributed by atoms with van der Waals surface area (Å²) in [5.74, 6) is -0.214. The van der Waals surface area contributed by atoms with Crippen molar-refractivity contribution >= 4 is 16.8 Å². The first-order chi connectivity index (χ1) is 16.0. The van der Waals surface area contributed by atoms with Gasteiger partial charge in [0.2, 0.25) is 5.91 Å². The number of aromatic nitrogens is 2. The quantitative estimate of drug-likeness (QED) is 0.551. The number of hydrogen-bond acceptors (Lipinski definition) is 4. The van der Waals surface area contributed by atoms with Crippen molar-refractivity contribution < 1.29 is 9.18 Å². The average molecular weight is 451 g/mol. The van der Waals surface area contributed by atoms with Gasteiger partial charge in [0.15, 0.2) is 0 Å². The Morgan fingerprint density at radius 1 is 1.15 bits per heavy atom. The molecule has 0 bridgehead atoms. The summed E-state index contributed by atoms with van der Waals surface area (Å²) >= 11 is 0. The minimum Gasteiger partial charge on any atom is -0.343 e. The molecule has 3 aromatic rings. The van der Waals surface area contributed by atoms with Gasteiger partial charge in [-0.3, -0.25) is 19.5 Å². The summed E-state index contributed by atoms with van der Waals surface area (Å²) in [6, 6.07) is 12.0. The van der Waals surface area contributed by atoms with Crippen LogP contribution in [0.1, 0.15) is 37.9 Å². The zero-order valence-corrected chi connectivity index (χ0v) is 19.3. The predicted molar refractivity (Wildman–Crippen MR) is 127 cm³/mol. The molecule has 6 nitrogen and oxygen atoms in total. The predicted octanol–water partition coefficient (Wildman–Crippen LogP) is 3.66. The summed E-state index contributed by atoms with van der Waals surface area (Å²) in [6.07, 6.45) is 3.50. The van der Waals surface area contributed by atoms with Gasteiger partial charge in [-0.15, -0.1) is 0 Å². The Balaban J connectivity index is 1.64. The van der Waals surface area contributed by atoms with Gasteiger partial charge in [0.25, 0.3) is 5.56 Å². The van der Waals surface area contributed by atoms with Crippen molar-refractivity contribution in [3.05, 3.63) is 76.1 Å². The van der Waals surface area contributed by atoms with Crippen molar-refractivity contribution in [1.29, 1.82) is 0 Å². The number of piperidine rings is 1. The Morgan fingerprint density at radius 2 is 1.97 bits per heavy atom. The van der Waals surface area contributed by atoms with Crippen LogP contribution in [0.15, 0.2) is 53.5 Å². The molecule has 0 unspecified atom stereocenters. The summed E-state index contributed by atoms with van der Waals surface area (Å²) in [4.78, 5) is 34.8. The molecule has 0 spiro atoms. The van der Waals surface area contributed by atoms with Gasteiger partial charge in [-0.2, -0.15) is 0 Å². The second-order valence-corrected chi connectivity index (χ2v) is 8.67. The van der Waals surface area contributed by atoms with Crippen LogP contribution >= 0.6 is 0 Å². The van der Waals surface area contributed by atoms with E-state index in [-0.39, 0.29) is 29.7 Å². The van der Waals surface area contributed by atoms with E-state index in [0.29, 0.717) is 37.3 Å². The Kier molecular flexibility index (Phi) is 7.18. The molecule has 174 valence electrons. The van der Waals surface area contributed by atoms with Crippen LogP contribution in [0, 0.1) is 11.7 Å². The molecule has 0 saturated carbocycles. The van der Waals surface area contributed by atoms with E-state index >= 15 is 0 Å². The topological polar surface area (TPSA) is 58.4 Å². The molecule has 0 aliphatic carbocycles. The summed E-state index contributed by atoms with van der Waals surface area (Å²) in [5, 5.41) is 0.815. The van der Waals surface area contributed by atoms with Crippen LogP contribution in [-0.4, -0.2) is 51.4 Å². The van der Waals surface area contributed by atoms with Gasteiger partial charge in [0.1, 0.15) is 5.82 Å². The van der Waals surface area contributed by atoms with E-state index in [1.807, 2.05) is 43.0 Å². The van der Waals surface area contributed by atoms with Crippen molar-refractivity contribution in [2.75, 3.05) is 26.2 Å². The van der Waals surface area contributed by atoms with Crippen LogP contribution < -0.4 is 5.56 Å². The molecule has 4 rings (SSSR count). The third kappa shape index (κ3) is 5.14. The molecule has 0 radical (unpaired) electrons. The van der Waals surface area contributed by atoms with Gasteiger partial charge < -0.3 is 9.47 Å². The summed E-state index contributed by atoms with van der Waals surface area (Å²) in [5.41, 5.74) is 1.81. The van der Waals surface area contributed by atoms with Gasteiger partial charge in [-0.05, 0) is 75.0 Å². The van der Waals surface area contributed by atoms with E-state index < -0.39 is 0 Å². The van der Waals surface area contributed by atoms with Crippen LogP contribution in [0.2, 0.25) is 0 Å². The standard InChI is InChI=1S/C26H31FN4O2/c1-3-30(4-2)25(32)20-8-7-13-29(16-20)17-21-14-19-10-11-22(27)15-24(19)31(26(21)33)18-23-9-5-6-12-28-23/h5-6,9-12,14-15,20H,3-4,7-8,13,16-18H2,1-2H3/t20-/m0/s1. The summed E-state index contributed by atoms with van der Waals surface area (Å²) in [7, 11) is 0. The lowest BCUT2D eigenvalue weighted by molar-refractivity contribution is -0.137. The lowest BCUT2D eigenvalue weighted by Crippen LogP contribution is -2.45. The van der Waals surface area contributed by atoms with Gasteiger partial charge in [-0.1, -0.05) is 6.07 Å². The maximum absolute atomic E-state index is 14.0. The lowest BCUT2D eigenvalue weighted by atomic mass is 9.96. The first-order valence-electron chi connectivity index (χ1n) is 11.7. The average Bonchev–Trinajstić information content (AvgIpc) is 2.83. The van der Waals surface area contributed by atoms with Crippen molar-refractivity contribution in [3.8, 4) is 0 Å². The van der Waals surface area contributed by atoms with Crippen molar-refractivity contribution in [2.45, 2.75) is 39.8 Å². The van der Waals surface area contributed by atoms with Crippen molar-refractivity contribution in [2.24, 2.45) is 5.92 Å². The van der Waals surface area contributed by atoms with Crippen LogP contribution in [0.3, 0.4) is 0 Å². The molecule has 7 heteroatoms. The smallest absolute Gasteiger partial charge is 0.255 e. The number of fused-ring (bicyclic) bond motifs is 1. The molecule has 2 aromatic heterocycles. The van der Waals surface area contributed by atoms with Crippen LogP contribution in [-0.2, 0) is 17.9 Å². The SMILES string of the molecule is CCN(CC)C(=O)[C@H]1CCCN(Cc2cc3ccc(F)cc3n(Cc3ccccn3)c2=O)C1. The van der Waals surface area contributed by atoms with Gasteiger partial charge >= 0.3 is 0 Å². The fourth-order valence-corrected chi connectivity index (χ4v) is 4.76. The zero-order valence-electron chi connectivity index (χ0n) is 19.3. The van der Waals surface area contributed by atoms with E-state index in [2.05, 4.69) is 9.88 Å². The Labute approximate surface area is 193 Å². The van der Waals surface area contributed by atoms with E-state index in [1.54, 1.807) is 16.8 Å². The van der Waals surface area contributed by atoms with E-state index in [1.165, 1.54) is 12.1 Å². The third-order valence-corrected chi connectivity index (χ3v) is 6.50. The lowest BCUT2D eigenvalue weighted by Gasteiger charge is -2.34. The molecule has 0 N–H and O–H groups in total. The van der Waals surface area contributed by atoms with Crippen molar-refractivity contribution in [3.63, 3.8) is 0 Å². The number of halogens is 1. The largest absolute Gasteiger partial charge is 0.343 e. The number of carbonyl (C=O) groups is 1. The minimum absolute atomic E-state index is 0.0380. The highest BCUT2D eigenvalue weighted by atomic mass is 19.1. The molecular weight excluding hydrogens is 419 g/mol. The second kappa shape index (κ2) is 10.3. The van der Waals surface area contributed by atoms with Gasteiger partial charge in [0, 0.05) is 37.9 Å². The fraction of sp³-hybridized carbons (Fsp3) is 0.423. The Bertz CT molecular complexity index is 1170. The zero-order chi connectivity index (χ0) is 23.4. The van der Waals surface area contributed by atoms with Gasteiger partial charge in [0.05, 0.1) is 23.7 Å². The number of benzene rings is 1. The maximum atomic E-state index is 14.0. The molecule has 1 aliphatic rings. The highest BCUT2D eigenvalue weighted by molar-refractivity contribution is 5.80. The third-order valence-electron chi connectivity index (χ3n) is 6.50. The number of likely N-dealkylation sites (tertiary alicyclic amines) is 1. The molecule has 1 aromatic carbocycles. The molecule has 1 atom stereocenters. The monoisotopic (exact) mass is 450 g/mol. The Hall–Kier alpha value is -3.06. The highest BCUT2D eigenvalue weighted by Gasteiger charge is 2.28. The normalized spacial score (nSPS) is 16.8. The van der Waals surface area contributed by atoms with Crippen LogP contribution in [0.25, 0.3) is 10.9 Å². The summed E-state index contributed by atoms with van der Waals surface area (Å²) in [6.45, 7) is 7.68. The van der Waals surface area contributed by atoms with Crippen LogP contribution in [0.5, 0.6) is 0 Å². The second-order valence-electron chi connectivity index (χ2n) is 8.67. The highest BCUT2D eigenvalue weighted by Crippen LogP contribution is 2.22. The fourth-order valence-electron chi connectivity index (χ4n) is 4.76. The molecule has 3 heterocycles. The number of amides is 1. The van der Waals surface area contributed by atoms with E-state index in [4.69, 9.17) is 0 Å². The number of rotatable bonds is 7. The first-order valence-corrected chi connectivity index (χ1v) is 11.7. The first kappa shape index (κ1) is 23.1. The number of pyridine rings is 2. The number of carbonyl (C=O) groups excluding carboxylic acids is 1.